The fourth-order valence-corrected chi connectivity index (χ4v) is 6.88. The Morgan fingerprint density at radius 3 is 2.59 bits per heavy atom. The summed E-state index contributed by atoms with van der Waals surface area (Å²) in [4.78, 5) is 38.7. The van der Waals surface area contributed by atoms with Crippen LogP contribution < -0.4 is 16.4 Å². The van der Waals surface area contributed by atoms with Crippen LogP contribution in [0.5, 0.6) is 0 Å². The predicted octanol–water partition coefficient (Wildman–Crippen LogP) is 5.49. The topological polar surface area (TPSA) is 145 Å². The van der Waals surface area contributed by atoms with Gasteiger partial charge < -0.3 is 31.5 Å². The van der Waals surface area contributed by atoms with Crippen molar-refractivity contribution in [2.75, 3.05) is 26.7 Å². The summed E-state index contributed by atoms with van der Waals surface area (Å²) in [5.74, 6) is -0.934. The Kier molecular flexibility index (Phi) is 12.2. The molecule has 246 valence electrons. The fourth-order valence-electron chi connectivity index (χ4n) is 6.59. The Labute approximate surface area is 276 Å². The smallest absolute Gasteiger partial charge is 0.404 e. The molecule has 4 rings (SSSR count). The van der Waals surface area contributed by atoms with Crippen LogP contribution in [-0.2, 0) is 29.8 Å². The average Bonchev–Trinajstić information content (AvgIpc) is 3.05. The van der Waals surface area contributed by atoms with Gasteiger partial charge in [0.05, 0.1) is 5.60 Å². The van der Waals surface area contributed by atoms with E-state index in [1.807, 2.05) is 55.6 Å². The first-order valence-electron chi connectivity index (χ1n) is 16.0. The third-order valence-electron chi connectivity index (χ3n) is 8.92. The van der Waals surface area contributed by atoms with Gasteiger partial charge in [0, 0.05) is 54.7 Å². The van der Waals surface area contributed by atoms with Crippen molar-refractivity contribution in [3.8, 4) is 11.1 Å². The lowest BCUT2D eigenvalue weighted by Gasteiger charge is -2.44. The molecule has 0 aromatic heterocycles. The molecule has 1 aliphatic heterocycles. The first kappa shape index (κ1) is 34.9. The number of likely N-dealkylation sites (tertiary alicyclic amines) is 1. The summed E-state index contributed by atoms with van der Waals surface area (Å²) in [6, 6.07) is 19.3. The number of aliphatic hydroxyl groups is 1. The van der Waals surface area contributed by atoms with Gasteiger partial charge in [-0.25, -0.2) is 4.79 Å². The number of hydrogen-bond donors (Lipinski definition) is 5. The highest BCUT2D eigenvalue weighted by atomic mass is 35.5. The van der Waals surface area contributed by atoms with Gasteiger partial charge in [0.25, 0.3) is 5.91 Å². The van der Waals surface area contributed by atoms with Crippen molar-refractivity contribution < 1.29 is 24.6 Å². The fraction of sp³-hybridized carbons (Fsp3) is 0.417. The van der Waals surface area contributed by atoms with E-state index in [1.54, 1.807) is 4.90 Å². The summed E-state index contributed by atoms with van der Waals surface area (Å²) < 4.78 is 0. The van der Waals surface area contributed by atoms with Gasteiger partial charge in [0.2, 0.25) is 5.91 Å². The monoisotopic (exact) mass is 648 g/mol. The van der Waals surface area contributed by atoms with Gasteiger partial charge in [-0.3, -0.25) is 9.59 Å². The molecule has 9 nitrogen and oxygen atoms in total. The minimum Gasteiger partial charge on any atom is -0.465 e. The van der Waals surface area contributed by atoms with E-state index in [-0.39, 0.29) is 31.2 Å². The standard InChI is InChI=1S/C36H45ClN4O5/c1-3-24-8-4-9-27(20-24)33-30(11-5-12-31(33)37)36(46,17-7-18-40-35(44)45)28-10-6-19-41(23-28)34(43)29-15-13-25(22-39-2)21-26(29)14-16-32(38)42/h4-5,8-9,11-13,15,20-21,28,39-40,46H,3,6-7,10,14,16-19,22-23H2,1-2H3,(H2,38,42)(H,44,45)/t28-,36+/m1/s1. The molecule has 0 aliphatic carbocycles. The first-order valence-corrected chi connectivity index (χ1v) is 16.4. The minimum absolute atomic E-state index is 0.132. The number of hydrogen-bond acceptors (Lipinski definition) is 5. The summed E-state index contributed by atoms with van der Waals surface area (Å²) in [6.45, 7) is 3.71. The SMILES string of the molecule is CCc1cccc(-c2c(Cl)cccc2[C@](O)(CCCNC(=O)O)[C@@H]2CCCN(C(=O)c3ccc(CNC)cc3CCC(N)=O)C2)c1. The molecule has 0 saturated carbocycles. The molecule has 2 atom stereocenters. The van der Waals surface area contributed by atoms with Crippen molar-refractivity contribution in [3.63, 3.8) is 0 Å². The lowest BCUT2D eigenvalue weighted by Crippen LogP contribution is -2.48. The van der Waals surface area contributed by atoms with Crippen LogP contribution in [0.4, 0.5) is 4.79 Å². The highest BCUT2D eigenvalue weighted by Gasteiger charge is 2.43. The van der Waals surface area contributed by atoms with Crippen LogP contribution in [0.25, 0.3) is 11.1 Å². The number of piperidine rings is 1. The number of amides is 3. The third kappa shape index (κ3) is 8.46. The van der Waals surface area contributed by atoms with E-state index in [0.29, 0.717) is 61.5 Å². The maximum absolute atomic E-state index is 14.1. The van der Waals surface area contributed by atoms with E-state index >= 15 is 0 Å². The van der Waals surface area contributed by atoms with Gasteiger partial charge in [-0.2, -0.15) is 0 Å². The van der Waals surface area contributed by atoms with Crippen LogP contribution in [0.2, 0.25) is 5.02 Å². The normalized spacial score (nSPS) is 16.1. The zero-order valence-corrected chi connectivity index (χ0v) is 27.4. The number of benzene rings is 3. The van der Waals surface area contributed by atoms with Gasteiger partial charge in [0.1, 0.15) is 0 Å². The highest BCUT2D eigenvalue weighted by Crippen LogP contribution is 2.46. The first-order chi connectivity index (χ1) is 22.1. The highest BCUT2D eigenvalue weighted by molar-refractivity contribution is 6.33. The molecule has 10 heteroatoms. The number of carbonyl (C=O) groups is 3. The van der Waals surface area contributed by atoms with Gasteiger partial charge in [-0.05, 0) is 85.5 Å². The summed E-state index contributed by atoms with van der Waals surface area (Å²) in [5.41, 5.74) is 9.78. The molecule has 0 unspecified atom stereocenters. The number of primary amides is 1. The second-order valence-electron chi connectivity index (χ2n) is 12.1. The maximum atomic E-state index is 14.1. The van der Waals surface area contributed by atoms with Crippen LogP contribution in [0.3, 0.4) is 0 Å². The lowest BCUT2D eigenvalue weighted by atomic mass is 9.72. The van der Waals surface area contributed by atoms with Gasteiger partial charge in [-0.15, -0.1) is 0 Å². The van der Waals surface area contributed by atoms with Gasteiger partial charge in [-0.1, -0.05) is 67.1 Å². The number of aryl methyl sites for hydroxylation is 2. The van der Waals surface area contributed by atoms with Crippen molar-refractivity contribution in [3.05, 3.63) is 93.5 Å². The van der Waals surface area contributed by atoms with Crippen molar-refractivity contribution in [2.24, 2.45) is 11.7 Å². The van der Waals surface area contributed by atoms with Crippen LogP contribution in [0.1, 0.15) is 71.6 Å². The molecule has 1 heterocycles. The zero-order valence-electron chi connectivity index (χ0n) is 26.7. The average molecular weight is 649 g/mol. The molecule has 0 spiro atoms. The van der Waals surface area contributed by atoms with Gasteiger partial charge >= 0.3 is 6.09 Å². The molecule has 1 fully saturated rings. The molecule has 1 aliphatic rings. The molecule has 3 amide bonds. The molecule has 0 radical (unpaired) electrons. The van der Waals surface area contributed by atoms with E-state index in [1.165, 1.54) is 0 Å². The summed E-state index contributed by atoms with van der Waals surface area (Å²) in [6.07, 6.45) is 2.22. The van der Waals surface area contributed by atoms with Gasteiger partial charge in [0.15, 0.2) is 0 Å². The molecule has 0 bridgehead atoms. The van der Waals surface area contributed by atoms with Crippen molar-refractivity contribution >= 4 is 29.5 Å². The van der Waals surface area contributed by atoms with Crippen LogP contribution >= 0.6 is 11.6 Å². The van der Waals surface area contributed by atoms with E-state index in [0.717, 1.165) is 34.2 Å². The lowest BCUT2D eigenvalue weighted by molar-refractivity contribution is -0.118. The Balaban J connectivity index is 1.72. The molecular formula is C36H45ClN4O5. The minimum atomic E-state index is -1.41. The summed E-state index contributed by atoms with van der Waals surface area (Å²) in [7, 11) is 1.85. The Bertz CT molecular complexity index is 1550. The number of nitrogens with one attached hydrogen (secondary N) is 2. The van der Waals surface area contributed by atoms with Crippen LogP contribution in [0.15, 0.2) is 60.7 Å². The van der Waals surface area contributed by atoms with E-state index < -0.39 is 17.6 Å². The van der Waals surface area contributed by atoms with Crippen LogP contribution in [-0.4, -0.2) is 59.7 Å². The second-order valence-corrected chi connectivity index (χ2v) is 12.5. The number of nitrogens with zero attached hydrogens (tertiary/aromatic N) is 1. The number of halogens is 1. The number of carboxylic acid groups (broad SMARTS) is 1. The molecular weight excluding hydrogens is 604 g/mol. The second kappa shape index (κ2) is 16.1. The number of nitrogens with two attached hydrogens (primary N) is 1. The summed E-state index contributed by atoms with van der Waals surface area (Å²) in [5, 5.41) is 28.0. The quantitative estimate of drug-likeness (QED) is 0.146. The largest absolute Gasteiger partial charge is 0.465 e. The van der Waals surface area contributed by atoms with E-state index in [2.05, 4.69) is 29.7 Å². The van der Waals surface area contributed by atoms with Crippen LogP contribution in [0, 0.1) is 5.92 Å². The molecule has 3 aromatic carbocycles. The van der Waals surface area contributed by atoms with E-state index in [4.69, 9.17) is 22.4 Å². The molecule has 46 heavy (non-hydrogen) atoms. The van der Waals surface area contributed by atoms with Crippen molar-refractivity contribution in [2.45, 2.75) is 64.0 Å². The Morgan fingerprint density at radius 1 is 1.09 bits per heavy atom. The zero-order chi connectivity index (χ0) is 33.3. The number of rotatable bonds is 14. The number of carbonyl (C=O) groups excluding carboxylic acids is 2. The summed E-state index contributed by atoms with van der Waals surface area (Å²) >= 11 is 6.87. The van der Waals surface area contributed by atoms with Crippen molar-refractivity contribution in [1.29, 1.82) is 0 Å². The third-order valence-corrected chi connectivity index (χ3v) is 9.24. The molecule has 6 N–H and O–H groups in total. The Morgan fingerprint density at radius 2 is 1.87 bits per heavy atom. The maximum Gasteiger partial charge on any atom is 0.404 e. The predicted molar refractivity (Wildman–Crippen MR) is 181 cm³/mol. The molecule has 1 saturated heterocycles. The molecule has 3 aromatic rings. The van der Waals surface area contributed by atoms with E-state index in [9.17, 15) is 19.5 Å². The van der Waals surface area contributed by atoms with Crippen molar-refractivity contribution in [1.82, 2.24) is 15.5 Å². The Hall–Kier alpha value is -3.92.